The number of carbonyl (C=O) groups is 2. The topological polar surface area (TPSA) is 133 Å². The molecule has 0 saturated heterocycles. The molecule has 1 amide bonds. The molecule has 0 rings (SSSR count). The van der Waals surface area contributed by atoms with Gasteiger partial charge in [-0.15, -0.1) is 0 Å². The van der Waals surface area contributed by atoms with Crippen LogP contribution in [-0.4, -0.2) is 39.4 Å². The lowest BCUT2D eigenvalue weighted by molar-refractivity contribution is -0.142. The number of rotatable bonds is 18. The van der Waals surface area contributed by atoms with E-state index in [-0.39, 0.29) is 6.42 Å². The Balaban J connectivity index is 3.72. The van der Waals surface area contributed by atoms with Gasteiger partial charge in [-0.25, -0.2) is 9.36 Å². The van der Waals surface area contributed by atoms with Gasteiger partial charge in [-0.05, 0) is 38.5 Å². The third-order valence-corrected chi connectivity index (χ3v) is 4.58. The van der Waals surface area contributed by atoms with Crippen LogP contribution >= 0.6 is 7.82 Å². The Bertz CT molecular complexity index is 610. The number of amides is 1. The monoisotopic (exact) mass is 445 g/mol. The van der Waals surface area contributed by atoms with Crippen molar-refractivity contribution in [1.29, 1.82) is 0 Å². The third kappa shape index (κ3) is 19.6. The zero-order valence-electron chi connectivity index (χ0n) is 17.7. The molecule has 9 heteroatoms. The van der Waals surface area contributed by atoms with Crippen molar-refractivity contribution < 1.29 is 33.6 Å². The first-order valence-corrected chi connectivity index (χ1v) is 12.0. The summed E-state index contributed by atoms with van der Waals surface area (Å²) in [6.07, 6.45) is 21.8. The number of aliphatic carboxylic acids is 1. The van der Waals surface area contributed by atoms with E-state index in [4.69, 9.17) is 14.9 Å². The molecule has 0 saturated carbocycles. The number of hydrogen-bond donors (Lipinski definition) is 4. The van der Waals surface area contributed by atoms with Crippen LogP contribution in [-0.2, 0) is 18.7 Å². The van der Waals surface area contributed by atoms with Crippen molar-refractivity contribution in [3.8, 4) is 0 Å². The van der Waals surface area contributed by atoms with Gasteiger partial charge in [0.1, 0.15) is 0 Å². The largest absolute Gasteiger partial charge is 0.480 e. The van der Waals surface area contributed by atoms with Crippen molar-refractivity contribution in [2.45, 2.75) is 77.2 Å². The van der Waals surface area contributed by atoms with Crippen LogP contribution in [0.25, 0.3) is 0 Å². The van der Waals surface area contributed by atoms with Gasteiger partial charge in [-0.1, -0.05) is 62.6 Å². The third-order valence-electron chi connectivity index (χ3n) is 4.10. The van der Waals surface area contributed by atoms with Crippen LogP contribution in [0, 0.1) is 0 Å². The maximum Gasteiger partial charge on any atom is 0.469 e. The number of nitrogens with one attached hydrogen (secondary N) is 1. The molecule has 0 spiro atoms. The van der Waals surface area contributed by atoms with E-state index in [1.54, 1.807) is 0 Å². The quantitative estimate of drug-likeness (QED) is 0.141. The van der Waals surface area contributed by atoms with E-state index >= 15 is 0 Å². The Morgan fingerprint density at radius 2 is 1.50 bits per heavy atom. The number of phosphoric acid groups is 1. The summed E-state index contributed by atoms with van der Waals surface area (Å²) in [5.41, 5.74) is 0. The summed E-state index contributed by atoms with van der Waals surface area (Å²) in [4.78, 5) is 40.0. The minimum absolute atomic E-state index is 0.166. The van der Waals surface area contributed by atoms with Crippen molar-refractivity contribution in [2.24, 2.45) is 0 Å². The van der Waals surface area contributed by atoms with Crippen LogP contribution in [0.15, 0.2) is 36.5 Å². The zero-order chi connectivity index (χ0) is 22.7. The zero-order valence-corrected chi connectivity index (χ0v) is 18.6. The van der Waals surface area contributed by atoms with Crippen molar-refractivity contribution in [1.82, 2.24) is 5.32 Å². The van der Waals surface area contributed by atoms with E-state index in [0.29, 0.717) is 6.42 Å². The molecule has 30 heavy (non-hydrogen) atoms. The van der Waals surface area contributed by atoms with Gasteiger partial charge in [0.25, 0.3) is 0 Å². The molecular formula is C21H36NO7P. The van der Waals surface area contributed by atoms with Gasteiger partial charge in [0, 0.05) is 6.42 Å². The molecule has 0 aromatic rings. The van der Waals surface area contributed by atoms with Crippen molar-refractivity contribution >= 4 is 19.7 Å². The average Bonchev–Trinajstić information content (AvgIpc) is 2.67. The molecule has 1 atom stereocenters. The van der Waals surface area contributed by atoms with E-state index < -0.39 is 32.3 Å². The van der Waals surface area contributed by atoms with Gasteiger partial charge in [0.2, 0.25) is 5.91 Å². The highest BCUT2D eigenvalue weighted by atomic mass is 31.2. The molecule has 0 heterocycles. The standard InChI is InChI=1S/C21H36NO7P/c1-2-3-4-5-6-7-8-9-10-11-12-13-14-15-16-17-20(23)22-19(21(24)25)18-29-30(26,27)28/h3-4,6-7,9-10,19H,2,5,8,11-18H2,1H3,(H,22,23)(H,24,25)(H2,26,27,28)/b4-3-,7-6-,10-9-/t19-/m0/s1. The lowest BCUT2D eigenvalue weighted by atomic mass is 10.1. The Morgan fingerprint density at radius 3 is 2.10 bits per heavy atom. The van der Waals surface area contributed by atoms with Crippen LogP contribution in [0.5, 0.6) is 0 Å². The molecule has 0 unspecified atom stereocenters. The molecule has 0 aromatic heterocycles. The Labute approximate surface area is 179 Å². The van der Waals surface area contributed by atoms with E-state index in [0.717, 1.165) is 51.4 Å². The maximum atomic E-state index is 11.8. The van der Waals surface area contributed by atoms with Gasteiger partial charge < -0.3 is 20.2 Å². The lowest BCUT2D eigenvalue weighted by Crippen LogP contribution is -2.43. The summed E-state index contributed by atoms with van der Waals surface area (Å²) >= 11 is 0. The molecular weight excluding hydrogens is 409 g/mol. The summed E-state index contributed by atoms with van der Waals surface area (Å²) in [6, 6.07) is -1.49. The van der Waals surface area contributed by atoms with Crippen LogP contribution in [0.2, 0.25) is 0 Å². The fourth-order valence-corrected chi connectivity index (χ4v) is 2.86. The maximum absolute atomic E-state index is 11.8. The second-order valence-corrected chi connectivity index (χ2v) is 8.08. The highest BCUT2D eigenvalue weighted by Gasteiger charge is 2.24. The van der Waals surface area contributed by atoms with Crippen LogP contribution in [0.4, 0.5) is 0 Å². The van der Waals surface area contributed by atoms with Gasteiger partial charge >= 0.3 is 13.8 Å². The first kappa shape index (κ1) is 28.3. The van der Waals surface area contributed by atoms with E-state index in [9.17, 15) is 14.2 Å². The van der Waals surface area contributed by atoms with Crippen LogP contribution in [0.3, 0.4) is 0 Å². The number of carboxylic acids is 1. The highest BCUT2D eigenvalue weighted by Crippen LogP contribution is 2.35. The number of carbonyl (C=O) groups excluding carboxylic acids is 1. The summed E-state index contributed by atoms with van der Waals surface area (Å²) in [6.45, 7) is 1.33. The summed E-state index contributed by atoms with van der Waals surface area (Å²) < 4.78 is 14.8. The van der Waals surface area contributed by atoms with Gasteiger partial charge in [0.15, 0.2) is 6.04 Å². The molecule has 0 fully saturated rings. The number of hydrogen-bond acceptors (Lipinski definition) is 4. The molecule has 0 aliphatic carbocycles. The predicted octanol–water partition coefficient (Wildman–Crippen LogP) is 4.25. The molecule has 8 nitrogen and oxygen atoms in total. The number of phosphoric ester groups is 1. The van der Waals surface area contributed by atoms with Gasteiger partial charge in [-0.3, -0.25) is 9.32 Å². The first-order valence-electron chi connectivity index (χ1n) is 10.4. The molecule has 0 aliphatic rings. The number of unbranched alkanes of at least 4 members (excludes halogenated alkanes) is 5. The van der Waals surface area contributed by atoms with Gasteiger partial charge in [0.05, 0.1) is 6.61 Å². The minimum atomic E-state index is -4.78. The Kier molecular flexibility index (Phi) is 17.0. The molecule has 0 radical (unpaired) electrons. The second kappa shape index (κ2) is 18.1. The molecule has 4 N–H and O–H groups in total. The van der Waals surface area contributed by atoms with Crippen molar-refractivity contribution in [2.75, 3.05) is 6.61 Å². The average molecular weight is 445 g/mol. The van der Waals surface area contributed by atoms with Crippen LogP contribution < -0.4 is 5.32 Å². The smallest absolute Gasteiger partial charge is 0.469 e. The molecule has 172 valence electrons. The number of carboxylic acid groups (broad SMARTS) is 1. The number of allylic oxidation sites excluding steroid dienone is 6. The van der Waals surface area contributed by atoms with Crippen molar-refractivity contribution in [3.63, 3.8) is 0 Å². The van der Waals surface area contributed by atoms with Gasteiger partial charge in [-0.2, -0.15) is 0 Å². The summed E-state index contributed by atoms with van der Waals surface area (Å²) in [7, 11) is -4.78. The van der Waals surface area contributed by atoms with E-state index in [1.165, 1.54) is 0 Å². The Hall–Kier alpha value is -1.73. The first-order chi connectivity index (χ1) is 14.3. The minimum Gasteiger partial charge on any atom is -0.480 e. The van der Waals surface area contributed by atoms with E-state index in [2.05, 4.69) is 53.2 Å². The predicted molar refractivity (Wildman–Crippen MR) is 117 cm³/mol. The SMILES string of the molecule is CC/C=C\C/C=C\C/C=C\CCCCCCCC(=O)N[C@@H](COP(=O)(O)O)C(=O)O. The summed E-state index contributed by atoms with van der Waals surface area (Å²) in [5, 5.41) is 11.2. The highest BCUT2D eigenvalue weighted by molar-refractivity contribution is 7.46. The second-order valence-electron chi connectivity index (χ2n) is 6.84. The molecule has 0 bridgehead atoms. The fourth-order valence-electron chi connectivity index (χ4n) is 2.52. The van der Waals surface area contributed by atoms with E-state index in [1.807, 2.05) is 0 Å². The van der Waals surface area contributed by atoms with Crippen LogP contribution in [0.1, 0.15) is 71.1 Å². The van der Waals surface area contributed by atoms with Crippen molar-refractivity contribution in [3.05, 3.63) is 36.5 Å². The fraction of sp³-hybridized carbons (Fsp3) is 0.619. The normalized spacial score (nSPS) is 13.4. The molecule has 0 aromatic carbocycles. The Morgan fingerprint density at radius 1 is 0.933 bits per heavy atom. The molecule has 0 aliphatic heterocycles. The lowest BCUT2D eigenvalue weighted by Gasteiger charge is -2.15. The summed E-state index contributed by atoms with van der Waals surface area (Å²) in [5.74, 6) is -1.88.